The highest BCUT2D eigenvalue weighted by Crippen LogP contribution is 2.32. The highest BCUT2D eigenvalue weighted by molar-refractivity contribution is 6.04. The number of hydrogen-bond acceptors (Lipinski definition) is 4. The Morgan fingerprint density at radius 1 is 0.667 bits per heavy atom. The van der Waals surface area contributed by atoms with Gasteiger partial charge in [0, 0.05) is 11.1 Å². The zero-order valence-electron chi connectivity index (χ0n) is 15.4. The van der Waals surface area contributed by atoms with Crippen LogP contribution in [0.15, 0.2) is 60.7 Å². The Morgan fingerprint density at radius 2 is 1.07 bits per heavy atom. The summed E-state index contributed by atoms with van der Waals surface area (Å²) in [5.74, 6) is -1.82. The largest absolute Gasteiger partial charge is 0.478 e. The number of carboxylic acid groups (broad SMARTS) is 2. The standard InChI is InChI=1S/C22H14N4O4/c27-21(28)13-10-12(20-25-17-7-3-4-8-18(17)26-20)14(22(29)30)9-11(13)19-23-15-5-1-2-6-16(15)24-19/h1-10H,(H,23,24)(H,25,26)(H,27,28)(H,29,30). The van der Waals surface area contributed by atoms with Crippen LogP contribution in [0, 0.1) is 0 Å². The van der Waals surface area contributed by atoms with Gasteiger partial charge in [0.2, 0.25) is 0 Å². The first-order chi connectivity index (χ1) is 14.5. The molecule has 30 heavy (non-hydrogen) atoms. The molecule has 0 aliphatic carbocycles. The van der Waals surface area contributed by atoms with Crippen LogP contribution < -0.4 is 0 Å². The quantitative estimate of drug-likeness (QED) is 0.359. The minimum atomic E-state index is -1.19. The van der Waals surface area contributed by atoms with Crippen molar-refractivity contribution in [3.05, 3.63) is 71.8 Å². The number of benzene rings is 3. The van der Waals surface area contributed by atoms with Gasteiger partial charge in [-0.05, 0) is 36.4 Å². The van der Waals surface area contributed by atoms with Crippen LogP contribution in [-0.4, -0.2) is 42.1 Å². The lowest BCUT2D eigenvalue weighted by molar-refractivity contribution is 0.0682. The molecule has 5 aromatic rings. The Kier molecular flexibility index (Phi) is 3.85. The van der Waals surface area contributed by atoms with E-state index < -0.39 is 11.9 Å². The SMILES string of the molecule is O=C(O)c1cc(-c2nc3ccccc3[nH]2)c(C(=O)O)cc1-c1nc2ccccc2[nH]1. The van der Waals surface area contributed by atoms with E-state index in [1.165, 1.54) is 12.1 Å². The number of aromatic nitrogens is 4. The van der Waals surface area contributed by atoms with Gasteiger partial charge >= 0.3 is 11.9 Å². The van der Waals surface area contributed by atoms with Gasteiger partial charge in [-0.25, -0.2) is 19.6 Å². The molecule has 0 unspecified atom stereocenters. The van der Waals surface area contributed by atoms with Crippen LogP contribution in [0.25, 0.3) is 44.8 Å². The fraction of sp³-hybridized carbons (Fsp3) is 0. The minimum Gasteiger partial charge on any atom is -0.478 e. The van der Waals surface area contributed by atoms with Crippen molar-refractivity contribution in [1.82, 2.24) is 19.9 Å². The van der Waals surface area contributed by atoms with Gasteiger partial charge in [0.15, 0.2) is 0 Å². The van der Waals surface area contributed by atoms with E-state index in [4.69, 9.17) is 0 Å². The van der Waals surface area contributed by atoms with E-state index in [1.54, 1.807) is 12.1 Å². The predicted molar refractivity (Wildman–Crippen MR) is 111 cm³/mol. The van der Waals surface area contributed by atoms with Crippen LogP contribution in [0.2, 0.25) is 0 Å². The molecule has 2 aromatic heterocycles. The third-order valence-corrected chi connectivity index (χ3v) is 4.91. The van der Waals surface area contributed by atoms with Crippen LogP contribution in [0.5, 0.6) is 0 Å². The molecule has 0 saturated heterocycles. The van der Waals surface area contributed by atoms with E-state index in [9.17, 15) is 19.8 Å². The number of carboxylic acids is 2. The molecule has 0 radical (unpaired) electrons. The number of imidazole rings is 2. The summed E-state index contributed by atoms with van der Waals surface area (Å²) in [6.45, 7) is 0. The fourth-order valence-corrected chi connectivity index (χ4v) is 3.51. The molecule has 2 heterocycles. The van der Waals surface area contributed by atoms with Gasteiger partial charge in [-0.3, -0.25) is 0 Å². The summed E-state index contributed by atoms with van der Waals surface area (Å²) in [5.41, 5.74) is 2.99. The molecule has 4 N–H and O–H groups in total. The fourth-order valence-electron chi connectivity index (χ4n) is 3.51. The van der Waals surface area contributed by atoms with Gasteiger partial charge in [0.05, 0.1) is 33.2 Å². The van der Waals surface area contributed by atoms with Crippen molar-refractivity contribution in [3.8, 4) is 22.8 Å². The van der Waals surface area contributed by atoms with Crippen LogP contribution in [0.3, 0.4) is 0 Å². The topological polar surface area (TPSA) is 132 Å². The number of hydrogen-bond donors (Lipinski definition) is 4. The highest BCUT2D eigenvalue weighted by Gasteiger charge is 2.23. The smallest absolute Gasteiger partial charge is 0.336 e. The molecule has 0 aliphatic rings. The second-order valence-corrected chi connectivity index (χ2v) is 6.76. The highest BCUT2D eigenvalue weighted by atomic mass is 16.4. The lowest BCUT2D eigenvalue weighted by atomic mass is 9.97. The van der Waals surface area contributed by atoms with E-state index in [1.807, 2.05) is 36.4 Å². The molecule has 0 atom stereocenters. The first-order valence-corrected chi connectivity index (χ1v) is 9.06. The van der Waals surface area contributed by atoms with Gasteiger partial charge in [-0.1, -0.05) is 24.3 Å². The number of aromatic carboxylic acids is 2. The van der Waals surface area contributed by atoms with Crippen molar-refractivity contribution >= 4 is 34.0 Å². The molecule has 0 aliphatic heterocycles. The molecule has 8 heteroatoms. The van der Waals surface area contributed by atoms with Crippen LogP contribution >= 0.6 is 0 Å². The van der Waals surface area contributed by atoms with Gasteiger partial charge in [0.1, 0.15) is 11.6 Å². The van der Waals surface area contributed by atoms with Crippen molar-refractivity contribution in [1.29, 1.82) is 0 Å². The van der Waals surface area contributed by atoms with Crippen molar-refractivity contribution in [2.75, 3.05) is 0 Å². The first kappa shape index (κ1) is 17.6. The number of fused-ring (bicyclic) bond motifs is 2. The van der Waals surface area contributed by atoms with E-state index in [-0.39, 0.29) is 33.9 Å². The molecule has 5 rings (SSSR count). The van der Waals surface area contributed by atoms with Crippen LogP contribution in [0.4, 0.5) is 0 Å². The van der Waals surface area contributed by atoms with Gasteiger partial charge < -0.3 is 20.2 Å². The summed E-state index contributed by atoms with van der Waals surface area (Å²) >= 11 is 0. The Morgan fingerprint density at radius 3 is 1.43 bits per heavy atom. The zero-order valence-corrected chi connectivity index (χ0v) is 15.4. The van der Waals surface area contributed by atoms with Crippen LogP contribution in [0.1, 0.15) is 20.7 Å². The Bertz CT molecular complexity index is 1290. The van der Waals surface area contributed by atoms with Crippen molar-refractivity contribution < 1.29 is 19.8 Å². The number of nitrogens with zero attached hydrogens (tertiary/aromatic N) is 2. The lowest BCUT2D eigenvalue weighted by Gasteiger charge is -2.10. The molecular weight excluding hydrogens is 384 g/mol. The third kappa shape index (κ3) is 2.78. The molecule has 0 saturated carbocycles. The molecule has 0 fully saturated rings. The molecule has 0 amide bonds. The maximum atomic E-state index is 12.0. The van der Waals surface area contributed by atoms with Gasteiger partial charge in [-0.2, -0.15) is 0 Å². The summed E-state index contributed by atoms with van der Waals surface area (Å²) in [6, 6.07) is 17.1. The number of rotatable bonds is 4. The van der Waals surface area contributed by atoms with Crippen molar-refractivity contribution in [2.45, 2.75) is 0 Å². The van der Waals surface area contributed by atoms with Gasteiger partial charge in [-0.15, -0.1) is 0 Å². The van der Waals surface area contributed by atoms with Crippen molar-refractivity contribution in [3.63, 3.8) is 0 Å². The van der Waals surface area contributed by atoms with Crippen LogP contribution in [-0.2, 0) is 0 Å². The molecule has 8 nitrogen and oxygen atoms in total. The molecule has 3 aromatic carbocycles. The van der Waals surface area contributed by atoms with E-state index in [0.29, 0.717) is 11.0 Å². The van der Waals surface area contributed by atoms with Gasteiger partial charge in [0.25, 0.3) is 0 Å². The Labute approximate surface area is 168 Å². The van der Waals surface area contributed by atoms with Crippen molar-refractivity contribution in [2.24, 2.45) is 0 Å². The lowest BCUT2D eigenvalue weighted by Crippen LogP contribution is -2.07. The third-order valence-electron chi connectivity index (χ3n) is 4.91. The maximum absolute atomic E-state index is 12.0. The number of carbonyl (C=O) groups is 2. The number of para-hydroxylation sites is 4. The average molecular weight is 398 g/mol. The number of aromatic amines is 2. The second-order valence-electron chi connectivity index (χ2n) is 6.76. The van der Waals surface area contributed by atoms with E-state index in [0.717, 1.165) is 11.0 Å². The molecule has 0 bridgehead atoms. The molecular formula is C22H14N4O4. The Balaban J connectivity index is 1.77. The number of nitrogens with one attached hydrogen (secondary N) is 2. The first-order valence-electron chi connectivity index (χ1n) is 9.06. The summed E-state index contributed by atoms with van der Waals surface area (Å²) in [7, 11) is 0. The normalized spacial score (nSPS) is 11.2. The van der Waals surface area contributed by atoms with E-state index in [2.05, 4.69) is 19.9 Å². The Hall–Kier alpha value is -4.46. The summed E-state index contributed by atoms with van der Waals surface area (Å²) in [4.78, 5) is 39.0. The maximum Gasteiger partial charge on any atom is 0.336 e. The average Bonchev–Trinajstić information content (AvgIpc) is 3.36. The van der Waals surface area contributed by atoms with E-state index >= 15 is 0 Å². The summed E-state index contributed by atoms with van der Waals surface area (Å²) < 4.78 is 0. The summed E-state index contributed by atoms with van der Waals surface area (Å²) in [5, 5.41) is 19.6. The molecule has 146 valence electrons. The molecule has 0 spiro atoms. The summed E-state index contributed by atoms with van der Waals surface area (Å²) in [6.07, 6.45) is 0. The minimum absolute atomic E-state index is 0.0745. The number of H-pyrrole nitrogens is 2. The second kappa shape index (κ2) is 6.56. The predicted octanol–water partition coefficient (Wildman–Crippen LogP) is 4.17. The zero-order chi connectivity index (χ0) is 20.8. The monoisotopic (exact) mass is 398 g/mol.